The first-order valence-electron chi connectivity index (χ1n) is 7.94. The van der Waals surface area contributed by atoms with Crippen LogP contribution in [-0.2, 0) is 27.3 Å². The largest absolute Gasteiger partial charge is 0.469 e. The van der Waals surface area contributed by atoms with Crippen LogP contribution in [0.2, 0.25) is 0 Å². The first-order chi connectivity index (χ1) is 11.6. The van der Waals surface area contributed by atoms with Crippen LogP contribution in [0.5, 0.6) is 0 Å². The molecule has 6 heteroatoms. The number of thiazole rings is 1. The fraction of sp³-hybridized carbons (Fsp3) is 0.389. The fourth-order valence-electron chi connectivity index (χ4n) is 2.42. The van der Waals surface area contributed by atoms with Crippen molar-refractivity contribution in [2.24, 2.45) is 0 Å². The predicted molar refractivity (Wildman–Crippen MR) is 93.8 cm³/mol. The summed E-state index contributed by atoms with van der Waals surface area (Å²) in [6.45, 7) is 2.47. The van der Waals surface area contributed by atoms with Gasteiger partial charge in [-0.05, 0) is 17.9 Å². The Balaban J connectivity index is 1.83. The number of carbonyl (C=O) groups is 2. The third-order valence-electron chi connectivity index (χ3n) is 3.78. The highest BCUT2D eigenvalue weighted by Crippen LogP contribution is 2.22. The second kappa shape index (κ2) is 9.17. The van der Waals surface area contributed by atoms with Gasteiger partial charge in [0.15, 0.2) is 0 Å². The lowest BCUT2D eigenvalue weighted by Gasteiger charge is -2.14. The maximum atomic E-state index is 12.2. The average Bonchev–Trinajstić information content (AvgIpc) is 3.05. The van der Waals surface area contributed by atoms with E-state index in [9.17, 15) is 9.59 Å². The Morgan fingerprint density at radius 2 is 2.04 bits per heavy atom. The summed E-state index contributed by atoms with van der Waals surface area (Å²) < 4.78 is 4.62. The van der Waals surface area contributed by atoms with Crippen molar-refractivity contribution < 1.29 is 14.3 Å². The van der Waals surface area contributed by atoms with Crippen LogP contribution in [0.4, 0.5) is 0 Å². The van der Waals surface area contributed by atoms with E-state index >= 15 is 0 Å². The quantitative estimate of drug-likeness (QED) is 0.746. The van der Waals surface area contributed by atoms with Gasteiger partial charge in [0.1, 0.15) is 5.01 Å². The van der Waals surface area contributed by atoms with Crippen LogP contribution in [0, 0.1) is 0 Å². The zero-order valence-electron chi connectivity index (χ0n) is 14.0. The standard InChI is InChI=1S/C18H22N2O3S/c1-3-13(14-7-5-4-6-8-14)9-16(21)19-11-17-20-15(12-24-17)10-18(22)23-2/h4-8,12-13H,3,9-11H2,1-2H3,(H,19,21). The van der Waals surface area contributed by atoms with Gasteiger partial charge in [-0.2, -0.15) is 0 Å². The minimum absolute atomic E-state index is 0.00965. The summed E-state index contributed by atoms with van der Waals surface area (Å²) in [6.07, 6.45) is 1.53. The Kier molecular flexibility index (Phi) is 6.93. The molecule has 0 radical (unpaired) electrons. The number of amides is 1. The maximum absolute atomic E-state index is 12.2. The SMILES string of the molecule is CCC(CC(=O)NCc1nc(CC(=O)OC)cs1)c1ccccc1. The summed E-state index contributed by atoms with van der Waals surface area (Å²) in [5, 5.41) is 5.51. The lowest BCUT2D eigenvalue weighted by atomic mass is 9.93. The first-order valence-corrected chi connectivity index (χ1v) is 8.82. The van der Waals surface area contributed by atoms with Crippen LogP contribution in [0.15, 0.2) is 35.7 Å². The van der Waals surface area contributed by atoms with Gasteiger partial charge in [-0.15, -0.1) is 11.3 Å². The van der Waals surface area contributed by atoms with Crippen molar-refractivity contribution in [1.82, 2.24) is 10.3 Å². The molecule has 128 valence electrons. The van der Waals surface area contributed by atoms with E-state index in [1.807, 2.05) is 23.6 Å². The van der Waals surface area contributed by atoms with Gasteiger partial charge in [-0.25, -0.2) is 4.98 Å². The van der Waals surface area contributed by atoms with E-state index < -0.39 is 0 Å². The highest BCUT2D eigenvalue weighted by atomic mass is 32.1. The van der Waals surface area contributed by atoms with Gasteiger partial charge in [0.2, 0.25) is 5.91 Å². The van der Waals surface area contributed by atoms with E-state index in [2.05, 4.69) is 34.1 Å². The van der Waals surface area contributed by atoms with Crippen molar-refractivity contribution in [2.45, 2.75) is 38.6 Å². The third kappa shape index (κ3) is 5.45. The molecule has 0 saturated heterocycles. The Morgan fingerprint density at radius 1 is 1.29 bits per heavy atom. The van der Waals surface area contributed by atoms with Crippen molar-refractivity contribution in [3.63, 3.8) is 0 Å². The number of nitrogens with one attached hydrogen (secondary N) is 1. The number of carbonyl (C=O) groups excluding carboxylic acids is 2. The molecule has 24 heavy (non-hydrogen) atoms. The number of methoxy groups -OCH3 is 1. The smallest absolute Gasteiger partial charge is 0.311 e. The summed E-state index contributed by atoms with van der Waals surface area (Å²) >= 11 is 1.43. The van der Waals surface area contributed by atoms with Gasteiger partial charge in [-0.1, -0.05) is 37.3 Å². The number of hydrogen-bond donors (Lipinski definition) is 1. The first kappa shape index (κ1) is 18.1. The van der Waals surface area contributed by atoms with Crippen molar-refractivity contribution in [2.75, 3.05) is 7.11 Å². The topological polar surface area (TPSA) is 68.3 Å². The molecule has 0 aliphatic carbocycles. The van der Waals surface area contributed by atoms with Gasteiger partial charge >= 0.3 is 5.97 Å². The number of benzene rings is 1. The molecule has 1 atom stereocenters. The van der Waals surface area contributed by atoms with Crippen molar-refractivity contribution in [3.05, 3.63) is 52.0 Å². The summed E-state index contributed by atoms with van der Waals surface area (Å²) in [5.74, 6) is -0.0858. The second-order valence-electron chi connectivity index (χ2n) is 5.48. The molecule has 2 rings (SSSR count). The number of nitrogens with zero attached hydrogens (tertiary/aromatic N) is 1. The molecule has 0 aliphatic heterocycles. The lowest BCUT2D eigenvalue weighted by Crippen LogP contribution is -2.24. The summed E-state index contributed by atoms with van der Waals surface area (Å²) in [6, 6.07) is 10.1. The van der Waals surface area contributed by atoms with Gasteiger partial charge in [-0.3, -0.25) is 9.59 Å². The van der Waals surface area contributed by atoms with Crippen molar-refractivity contribution in [1.29, 1.82) is 0 Å². The van der Waals surface area contributed by atoms with Crippen molar-refractivity contribution >= 4 is 23.2 Å². The monoisotopic (exact) mass is 346 g/mol. The summed E-state index contributed by atoms with van der Waals surface area (Å²) in [7, 11) is 1.35. The minimum atomic E-state index is -0.315. The number of ether oxygens (including phenoxy) is 1. The van der Waals surface area contributed by atoms with Gasteiger partial charge in [0, 0.05) is 11.8 Å². The molecule has 0 fully saturated rings. The van der Waals surface area contributed by atoms with Gasteiger partial charge in [0.05, 0.1) is 25.8 Å². The lowest BCUT2D eigenvalue weighted by molar-refractivity contribution is -0.139. The molecule has 1 amide bonds. The Hall–Kier alpha value is -2.21. The molecule has 0 saturated carbocycles. The van der Waals surface area contributed by atoms with Crippen LogP contribution in [-0.4, -0.2) is 24.0 Å². The van der Waals surface area contributed by atoms with Crippen molar-refractivity contribution in [3.8, 4) is 0 Å². The highest BCUT2D eigenvalue weighted by Gasteiger charge is 2.14. The van der Waals surface area contributed by atoms with Crippen LogP contribution >= 0.6 is 11.3 Å². The molecule has 1 aromatic carbocycles. The van der Waals surface area contributed by atoms with Crippen LogP contribution in [0.3, 0.4) is 0 Å². The molecular formula is C18H22N2O3S. The van der Waals surface area contributed by atoms with Gasteiger partial charge in [0.25, 0.3) is 0 Å². The van der Waals surface area contributed by atoms with E-state index in [1.54, 1.807) is 0 Å². The van der Waals surface area contributed by atoms with Crippen LogP contribution < -0.4 is 5.32 Å². The number of rotatable bonds is 8. The molecule has 1 N–H and O–H groups in total. The highest BCUT2D eigenvalue weighted by molar-refractivity contribution is 7.09. The normalized spacial score (nSPS) is 11.8. The maximum Gasteiger partial charge on any atom is 0.311 e. The fourth-order valence-corrected chi connectivity index (χ4v) is 3.16. The van der Waals surface area contributed by atoms with Crippen LogP contribution in [0.1, 0.15) is 41.9 Å². The third-order valence-corrected chi connectivity index (χ3v) is 4.68. The van der Waals surface area contributed by atoms with E-state index in [0.717, 1.165) is 11.4 Å². The van der Waals surface area contributed by atoms with E-state index in [4.69, 9.17) is 0 Å². The molecule has 1 unspecified atom stereocenters. The molecule has 1 heterocycles. The Bertz CT molecular complexity index is 670. The molecular weight excluding hydrogens is 324 g/mol. The molecule has 0 aliphatic rings. The second-order valence-corrected chi connectivity index (χ2v) is 6.42. The van der Waals surface area contributed by atoms with E-state index in [0.29, 0.717) is 18.7 Å². The predicted octanol–water partition coefficient (Wildman–Crippen LogP) is 3.06. The number of hydrogen-bond acceptors (Lipinski definition) is 5. The zero-order chi connectivity index (χ0) is 17.4. The Labute approximate surface area is 146 Å². The summed E-state index contributed by atoms with van der Waals surface area (Å²) in [4.78, 5) is 27.7. The average molecular weight is 346 g/mol. The Morgan fingerprint density at radius 3 is 2.71 bits per heavy atom. The number of esters is 1. The summed E-state index contributed by atoms with van der Waals surface area (Å²) in [5.41, 5.74) is 1.86. The van der Waals surface area contributed by atoms with E-state index in [-0.39, 0.29) is 24.2 Å². The van der Waals surface area contributed by atoms with E-state index in [1.165, 1.54) is 24.0 Å². The molecule has 1 aromatic heterocycles. The molecule has 2 aromatic rings. The zero-order valence-corrected chi connectivity index (χ0v) is 14.8. The molecule has 5 nitrogen and oxygen atoms in total. The molecule has 0 bridgehead atoms. The van der Waals surface area contributed by atoms with Gasteiger partial charge < -0.3 is 10.1 Å². The van der Waals surface area contributed by atoms with Crippen LogP contribution in [0.25, 0.3) is 0 Å². The number of aromatic nitrogens is 1. The minimum Gasteiger partial charge on any atom is -0.469 e. The molecule has 0 spiro atoms.